The average molecular weight is 357 g/mol. The molecule has 0 atom stereocenters. The van der Waals surface area contributed by atoms with Gasteiger partial charge in [0.2, 0.25) is 0 Å². The standard InChI is InChI=1S/C19H23N3O4/c1-14-12-16(22(2)21-14)20-17(23)13-26-18(24)19(8-10-25-11-9-19)15-6-4-3-5-7-15/h3-7,12H,8-11,13H2,1-2H3,(H,20,23). The molecule has 0 radical (unpaired) electrons. The van der Waals surface area contributed by atoms with Crippen molar-refractivity contribution in [1.29, 1.82) is 0 Å². The zero-order chi connectivity index (χ0) is 18.6. The molecule has 1 aromatic heterocycles. The van der Waals surface area contributed by atoms with Crippen LogP contribution in [0, 0.1) is 6.92 Å². The Morgan fingerprint density at radius 1 is 1.27 bits per heavy atom. The second kappa shape index (κ2) is 7.70. The third-order valence-corrected chi connectivity index (χ3v) is 4.67. The van der Waals surface area contributed by atoms with Crippen LogP contribution in [0.4, 0.5) is 5.82 Å². The zero-order valence-corrected chi connectivity index (χ0v) is 15.0. The first-order chi connectivity index (χ1) is 12.5. The van der Waals surface area contributed by atoms with Gasteiger partial charge in [0.1, 0.15) is 5.82 Å². The first-order valence-electron chi connectivity index (χ1n) is 8.62. The maximum Gasteiger partial charge on any atom is 0.317 e. The number of esters is 1. The molecule has 7 nitrogen and oxygen atoms in total. The minimum Gasteiger partial charge on any atom is -0.455 e. The smallest absolute Gasteiger partial charge is 0.317 e. The number of carbonyl (C=O) groups excluding carboxylic acids is 2. The number of hydrogen-bond acceptors (Lipinski definition) is 5. The molecule has 2 aromatic rings. The van der Waals surface area contributed by atoms with Crippen LogP contribution in [0.5, 0.6) is 0 Å². The van der Waals surface area contributed by atoms with E-state index in [0.717, 1.165) is 11.3 Å². The summed E-state index contributed by atoms with van der Waals surface area (Å²) in [6.45, 7) is 2.48. The van der Waals surface area contributed by atoms with E-state index < -0.39 is 11.3 Å². The molecule has 0 saturated carbocycles. The lowest BCUT2D eigenvalue weighted by Crippen LogP contribution is -2.43. The Labute approximate surface area is 152 Å². The van der Waals surface area contributed by atoms with Crippen molar-refractivity contribution in [3.05, 3.63) is 47.7 Å². The highest BCUT2D eigenvalue weighted by Gasteiger charge is 2.43. The summed E-state index contributed by atoms with van der Waals surface area (Å²) in [5.74, 6) is -0.215. The van der Waals surface area contributed by atoms with E-state index in [1.165, 1.54) is 0 Å². The molecular weight excluding hydrogens is 334 g/mol. The Morgan fingerprint density at radius 3 is 2.58 bits per heavy atom. The van der Waals surface area contributed by atoms with Crippen molar-refractivity contribution in [3.63, 3.8) is 0 Å². The average Bonchev–Trinajstić information content (AvgIpc) is 2.98. The van der Waals surface area contributed by atoms with Crippen molar-refractivity contribution < 1.29 is 19.1 Å². The Hall–Kier alpha value is -2.67. The number of rotatable bonds is 5. The highest BCUT2D eigenvalue weighted by Crippen LogP contribution is 2.36. The van der Waals surface area contributed by atoms with Gasteiger partial charge < -0.3 is 14.8 Å². The normalized spacial score (nSPS) is 16.1. The Kier molecular flexibility index (Phi) is 5.37. The summed E-state index contributed by atoms with van der Waals surface area (Å²) in [4.78, 5) is 25.0. The number of nitrogens with one attached hydrogen (secondary N) is 1. The molecular formula is C19H23N3O4. The summed E-state index contributed by atoms with van der Waals surface area (Å²) in [6, 6.07) is 11.3. The predicted molar refractivity (Wildman–Crippen MR) is 95.7 cm³/mol. The summed E-state index contributed by atoms with van der Waals surface area (Å²) in [5, 5.41) is 6.87. The van der Waals surface area contributed by atoms with E-state index in [2.05, 4.69) is 10.4 Å². The van der Waals surface area contributed by atoms with Gasteiger partial charge in [-0.25, -0.2) is 0 Å². The fourth-order valence-corrected chi connectivity index (χ4v) is 3.26. The number of aromatic nitrogens is 2. The molecule has 1 aliphatic heterocycles. The molecule has 2 heterocycles. The molecule has 138 valence electrons. The lowest BCUT2D eigenvalue weighted by atomic mass is 9.74. The highest BCUT2D eigenvalue weighted by atomic mass is 16.5. The zero-order valence-electron chi connectivity index (χ0n) is 15.0. The van der Waals surface area contributed by atoms with Gasteiger partial charge in [0.05, 0.1) is 11.1 Å². The Balaban J connectivity index is 1.67. The summed E-state index contributed by atoms with van der Waals surface area (Å²) in [5.41, 5.74) is 0.934. The first-order valence-corrected chi connectivity index (χ1v) is 8.62. The predicted octanol–water partition coefficient (Wildman–Crippen LogP) is 1.96. The first kappa shape index (κ1) is 18.1. The van der Waals surface area contributed by atoms with Crippen LogP contribution in [0.1, 0.15) is 24.1 Å². The Morgan fingerprint density at radius 2 is 1.96 bits per heavy atom. The van der Waals surface area contributed by atoms with Gasteiger partial charge >= 0.3 is 5.97 Å². The van der Waals surface area contributed by atoms with Crippen LogP contribution in [-0.4, -0.2) is 41.5 Å². The lowest BCUT2D eigenvalue weighted by molar-refractivity contribution is -0.157. The molecule has 0 bridgehead atoms. The van der Waals surface area contributed by atoms with Crippen LogP contribution < -0.4 is 5.32 Å². The van der Waals surface area contributed by atoms with Gasteiger partial charge in [0, 0.05) is 26.3 Å². The van der Waals surface area contributed by atoms with E-state index in [-0.39, 0.29) is 12.6 Å². The largest absolute Gasteiger partial charge is 0.455 e. The van der Waals surface area contributed by atoms with Gasteiger partial charge in [0.15, 0.2) is 6.61 Å². The maximum atomic E-state index is 12.9. The SMILES string of the molecule is Cc1cc(NC(=O)COC(=O)C2(c3ccccc3)CCOCC2)n(C)n1. The van der Waals surface area contributed by atoms with E-state index in [9.17, 15) is 9.59 Å². The Bertz CT molecular complexity index is 779. The highest BCUT2D eigenvalue weighted by molar-refractivity contribution is 5.93. The number of aryl methyl sites for hydroxylation is 2. The van der Waals surface area contributed by atoms with Crippen molar-refractivity contribution in [2.24, 2.45) is 7.05 Å². The van der Waals surface area contributed by atoms with Gasteiger partial charge in [-0.05, 0) is 25.3 Å². The molecule has 7 heteroatoms. The summed E-state index contributed by atoms with van der Waals surface area (Å²) in [7, 11) is 1.74. The number of amides is 1. The van der Waals surface area contributed by atoms with Crippen LogP contribution in [0.15, 0.2) is 36.4 Å². The van der Waals surface area contributed by atoms with Crippen molar-refractivity contribution in [2.75, 3.05) is 25.1 Å². The number of benzene rings is 1. The van der Waals surface area contributed by atoms with Crippen molar-refractivity contribution in [2.45, 2.75) is 25.2 Å². The number of anilines is 1. The van der Waals surface area contributed by atoms with E-state index >= 15 is 0 Å². The fourth-order valence-electron chi connectivity index (χ4n) is 3.26. The van der Waals surface area contributed by atoms with Crippen molar-refractivity contribution in [1.82, 2.24) is 9.78 Å². The number of carbonyl (C=O) groups is 2. The number of hydrogen-bond donors (Lipinski definition) is 1. The molecule has 1 saturated heterocycles. The number of nitrogens with zero attached hydrogens (tertiary/aromatic N) is 2. The molecule has 1 fully saturated rings. The molecule has 1 aromatic carbocycles. The van der Waals surface area contributed by atoms with Crippen LogP contribution in [0.25, 0.3) is 0 Å². The minimum absolute atomic E-state index is 0.335. The molecule has 1 aliphatic rings. The molecule has 26 heavy (non-hydrogen) atoms. The van der Waals surface area contributed by atoms with Crippen LogP contribution in [0.3, 0.4) is 0 Å². The van der Waals surface area contributed by atoms with E-state index in [1.54, 1.807) is 17.8 Å². The van der Waals surface area contributed by atoms with Crippen molar-refractivity contribution >= 4 is 17.7 Å². The van der Waals surface area contributed by atoms with Gasteiger partial charge in [-0.3, -0.25) is 14.3 Å². The molecule has 0 aliphatic carbocycles. The summed E-state index contributed by atoms with van der Waals surface area (Å²) >= 11 is 0. The van der Waals surface area contributed by atoms with Crippen molar-refractivity contribution in [3.8, 4) is 0 Å². The van der Waals surface area contributed by atoms with Gasteiger partial charge in [-0.1, -0.05) is 30.3 Å². The van der Waals surface area contributed by atoms with Crippen LogP contribution in [-0.2, 0) is 31.5 Å². The molecule has 1 amide bonds. The quantitative estimate of drug-likeness (QED) is 0.827. The van der Waals surface area contributed by atoms with Gasteiger partial charge in [0.25, 0.3) is 5.91 Å². The molecule has 3 rings (SSSR count). The third-order valence-electron chi connectivity index (χ3n) is 4.67. The van der Waals surface area contributed by atoms with Gasteiger partial charge in [-0.15, -0.1) is 0 Å². The van der Waals surface area contributed by atoms with Crippen LogP contribution >= 0.6 is 0 Å². The van der Waals surface area contributed by atoms with E-state index in [0.29, 0.717) is 31.9 Å². The summed E-state index contributed by atoms with van der Waals surface area (Å²) in [6.07, 6.45) is 1.08. The second-order valence-electron chi connectivity index (χ2n) is 6.48. The monoisotopic (exact) mass is 357 g/mol. The van der Waals surface area contributed by atoms with Gasteiger partial charge in [-0.2, -0.15) is 5.10 Å². The summed E-state index contributed by atoms with van der Waals surface area (Å²) < 4.78 is 12.4. The maximum absolute atomic E-state index is 12.9. The minimum atomic E-state index is -0.761. The molecule has 1 N–H and O–H groups in total. The van der Waals surface area contributed by atoms with E-state index in [4.69, 9.17) is 9.47 Å². The molecule has 0 spiro atoms. The van der Waals surface area contributed by atoms with Crippen LogP contribution in [0.2, 0.25) is 0 Å². The fraction of sp³-hybridized carbons (Fsp3) is 0.421. The second-order valence-corrected chi connectivity index (χ2v) is 6.48. The third kappa shape index (κ3) is 3.77. The topological polar surface area (TPSA) is 82.5 Å². The van der Waals surface area contributed by atoms with E-state index in [1.807, 2.05) is 37.3 Å². The lowest BCUT2D eigenvalue weighted by Gasteiger charge is -2.35. The number of ether oxygens (including phenoxy) is 2. The molecule has 0 unspecified atom stereocenters.